The molecule has 0 atom stereocenters. The number of hydrogen-bond acceptors (Lipinski definition) is 7. The van der Waals surface area contributed by atoms with Crippen LogP contribution in [0.5, 0.6) is 5.75 Å². The van der Waals surface area contributed by atoms with Crippen molar-refractivity contribution in [2.24, 2.45) is 17.8 Å². The first-order chi connectivity index (χ1) is 22.5. The molecule has 248 valence electrons. The molecule has 2 aromatic carbocycles. The maximum absolute atomic E-state index is 13.7. The summed E-state index contributed by atoms with van der Waals surface area (Å²) in [6.45, 7) is 8.14. The number of rotatable bonds is 10. The van der Waals surface area contributed by atoms with Gasteiger partial charge in [0.1, 0.15) is 5.75 Å². The number of piperazine rings is 1. The molecule has 0 radical (unpaired) electrons. The number of carbonyl (C=O) groups is 2. The maximum Gasteiger partial charge on any atom is 0.319 e. The van der Waals surface area contributed by atoms with Gasteiger partial charge >= 0.3 is 6.03 Å². The Morgan fingerprint density at radius 3 is 2.20 bits per heavy atom. The van der Waals surface area contributed by atoms with Crippen LogP contribution >= 0.6 is 0 Å². The SMILES string of the molecule is COc1ccccc1N1CCN(c2ccc(NC(=O)NC34CC5CC(CC(C5)C3)C4)cc2C(=O)NCCCN2CCOCC2)CC1. The lowest BCUT2D eigenvalue weighted by atomic mass is 9.53. The average Bonchev–Trinajstić information content (AvgIpc) is 3.06. The quantitative estimate of drug-likeness (QED) is 0.331. The molecule has 3 amide bonds. The Hall–Kier alpha value is -3.50. The van der Waals surface area contributed by atoms with E-state index in [4.69, 9.17) is 9.47 Å². The molecule has 2 heterocycles. The normalized spacial score (nSPS) is 27.4. The van der Waals surface area contributed by atoms with Crippen molar-refractivity contribution in [1.29, 1.82) is 0 Å². The van der Waals surface area contributed by atoms with Crippen LogP contribution < -0.4 is 30.5 Å². The number of carbonyl (C=O) groups excluding carboxylic acids is 2. The zero-order valence-corrected chi connectivity index (χ0v) is 27.3. The Morgan fingerprint density at radius 2 is 1.52 bits per heavy atom. The second-order valence-corrected chi connectivity index (χ2v) is 14.2. The molecule has 10 heteroatoms. The van der Waals surface area contributed by atoms with Crippen molar-refractivity contribution in [3.63, 3.8) is 0 Å². The Balaban J connectivity index is 1.03. The van der Waals surface area contributed by atoms with Gasteiger partial charge in [0.05, 0.1) is 31.6 Å². The number of nitrogens with zero attached hydrogens (tertiary/aromatic N) is 3. The van der Waals surface area contributed by atoms with Gasteiger partial charge in [-0.15, -0.1) is 0 Å². The van der Waals surface area contributed by atoms with Crippen molar-refractivity contribution in [2.75, 3.05) is 87.8 Å². The maximum atomic E-state index is 13.7. The molecular weight excluding hydrogens is 580 g/mol. The van der Waals surface area contributed by atoms with Crippen LogP contribution in [0.3, 0.4) is 0 Å². The minimum Gasteiger partial charge on any atom is -0.495 e. The number of ether oxygens (including phenoxy) is 2. The second-order valence-electron chi connectivity index (χ2n) is 14.2. The Bertz CT molecular complexity index is 1350. The van der Waals surface area contributed by atoms with Gasteiger partial charge in [-0.25, -0.2) is 4.79 Å². The fourth-order valence-corrected chi connectivity index (χ4v) is 9.24. The first-order valence-electron chi connectivity index (χ1n) is 17.4. The molecule has 3 N–H and O–H groups in total. The molecule has 6 fully saturated rings. The summed E-state index contributed by atoms with van der Waals surface area (Å²) in [5.41, 5.74) is 3.17. The summed E-state index contributed by atoms with van der Waals surface area (Å²) in [6, 6.07) is 13.8. The second kappa shape index (κ2) is 13.7. The number of urea groups is 1. The molecule has 2 saturated heterocycles. The minimum absolute atomic E-state index is 0.0689. The fraction of sp³-hybridized carbons (Fsp3) is 0.611. The van der Waals surface area contributed by atoms with Crippen LogP contribution in [0.2, 0.25) is 0 Å². The number of methoxy groups -OCH3 is 1. The van der Waals surface area contributed by atoms with Crippen LogP contribution in [0, 0.1) is 17.8 Å². The van der Waals surface area contributed by atoms with Gasteiger partial charge in [0.2, 0.25) is 0 Å². The van der Waals surface area contributed by atoms with E-state index in [1.807, 2.05) is 36.4 Å². The highest BCUT2D eigenvalue weighted by Crippen LogP contribution is 2.55. The molecule has 2 aliphatic heterocycles. The van der Waals surface area contributed by atoms with E-state index in [0.29, 0.717) is 17.8 Å². The Morgan fingerprint density at radius 1 is 0.870 bits per heavy atom. The monoisotopic (exact) mass is 630 g/mol. The lowest BCUT2D eigenvalue weighted by molar-refractivity contribution is -0.0127. The third-order valence-electron chi connectivity index (χ3n) is 11.0. The molecular formula is C36H50N6O4. The van der Waals surface area contributed by atoms with Crippen LogP contribution in [0.15, 0.2) is 42.5 Å². The molecule has 4 saturated carbocycles. The van der Waals surface area contributed by atoms with Crippen LogP contribution in [0.4, 0.5) is 21.9 Å². The number of para-hydroxylation sites is 2. The molecule has 2 aromatic rings. The highest BCUT2D eigenvalue weighted by atomic mass is 16.5. The van der Waals surface area contributed by atoms with Gasteiger partial charge in [0.15, 0.2) is 0 Å². The standard InChI is InChI=1S/C36H50N6O4/c1-45-33-6-3-2-5-32(33)42-13-11-41(12-14-42)31-8-7-29(22-30(31)34(43)37-9-4-10-40-15-17-46-18-16-40)38-35(44)39-36-23-26-19-27(24-36)21-28(20-26)25-36/h2-3,5-8,22,26-28H,4,9-21,23-25H2,1H3,(H,37,43)(H2,38,39,44). The molecule has 4 aliphatic carbocycles. The van der Waals surface area contributed by atoms with E-state index in [9.17, 15) is 9.59 Å². The molecule has 10 nitrogen and oxygen atoms in total. The van der Waals surface area contributed by atoms with Crippen molar-refractivity contribution in [3.05, 3.63) is 48.0 Å². The predicted octanol–water partition coefficient (Wildman–Crippen LogP) is 4.56. The largest absolute Gasteiger partial charge is 0.495 e. The van der Waals surface area contributed by atoms with Crippen LogP contribution in [-0.4, -0.2) is 95.1 Å². The molecule has 0 unspecified atom stereocenters. The third-order valence-corrected chi connectivity index (χ3v) is 11.0. The number of nitrogens with one attached hydrogen (secondary N) is 3. The molecule has 4 bridgehead atoms. The predicted molar refractivity (Wildman–Crippen MR) is 181 cm³/mol. The summed E-state index contributed by atoms with van der Waals surface area (Å²) in [7, 11) is 1.71. The van der Waals surface area contributed by atoms with E-state index in [1.165, 1.54) is 19.3 Å². The summed E-state index contributed by atoms with van der Waals surface area (Å²) < 4.78 is 11.1. The van der Waals surface area contributed by atoms with Crippen LogP contribution in [-0.2, 0) is 4.74 Å². The van der Waals surface area contributed by atoms with Crippen molar-refractivity contribution >= 4 is 29.0 Å². The van der Waals surface area contributed by atoms with Gasteiger partial charge in [0, 0.05) is 62.7 Å². The first kappa shape index (κ1) is 31.1. The fourth-order valence-electron chi connectivity index (χ4n) is 9.24. The number of amides is 3. The van der Waals surface area contributed by atoms with Gasteiger partial charge in [-0.1, -0.05) is 12.1 Å². The van der Waals surface area contributed by atoms with Gasteiger partial charge in [-0.05, 0) is 99.6 Å². The van der Waals surface area contributed by atoms with Crippen LogP contribution in [0.1, 0.15) is 55.3 Å². The average molecular weight is 631 g/mol. The zero-order chi connectivity index (χ0) is 31.5. The summed E-state index contributed by atoms with van der Waals surface area (Å²) in [4.78, 5) is 34.1. The smallest absolute Gasteiger partial charge is 0.319 e. The van der Waals surface area contributed by atoms with E-state index in [0.717, 1.165) is 120 Å². The number of benzene rings is 2. The third kappa shape index (κ3) is 6.93. The summed E-state index contributed by atoms with van der Waals surface area (Å²) in [5.74, 6) is 3.04. The molecule has 8 rings (SSSR count). The van der Waals surface area contributed by atoms with Crippen molar-refractivity contribution in [3.8, 4) is 5.75 Å². The highest BCUT2D eigenvalue weighted by Gasteiger charge is 2.51. The van der Waals surface area contributed by atoms with Crippen molar-refractivity contribution in [1.82, 2.24) is 15.5 Å². The topological polar surface area (TPSA) is 98.4 Å². The van der Waals surface area contributed by atoms with Crippen molar-refractivity contribution in [2.45, 2.75) is 50.5 Å². The zero-order valence-electron chi connectivity index (χ0n) is 27.3. The van der Waals surface area contributed by atoms with Gasteiger partial charge in [0.25, 0.3) is 5.91 Å². The Kier molecular flexibility index (Phi) is 9.26. The van der Waals surface area contributed by atoms with Gasteiger partial charge in [-0.2, -0.15) is 0 Å². The van der Waals surface area contributed by atoms with Gasteiger partial charge < -0.3 is 35.2 Å². The minimum atomic E-state index is -0.156. The summed E-state index contributed by atoms with van der Waals surface area (Å²) in [5, 5.41) is 9.69. The van der Waals surface area contributed by atoms with Crippen molar-refractivity contribution < 1.29 is 19.1 Å². The highest BCUT2D eigenvalue weighted by molar-refractivity contribution is 6.02. The molecule has 6 aliphatic rings. The number of anilines is 3. The first-order valence-corrected chi connectivity index (χ1v) is 17.4. The van der Waals surface area contributed by atoms with Crippen LogP contribution in [0.25, 0.3) is 0 Å². The molecule has 46 heavy (non-hydrogen) atoms. The van der Waals surface area contributed by atoms with E-state index in [2.05, 4.69) is 36.7 Å². The van der Waals surface area contributed by atoms with E-state index >= 15 is 0 Å². The van der Waals surface area contributed by atoms with Gasteiger partial charge in [-0.3, -0.25) is 9.69 Å². The molecule has 0 spiro atoms. The summed E-state index contributed by atoms with van der Waals surface area (Å²) in [6.07, 6.45) is 8.19. The Labute approximate surface area is 273 Å². The summed E-state index contributed by atoms with van der Waals surface area (Å²) >= 11 is 0. The number of morpholine rings is 1. The molecule has 0 aromatic heterocycles. The lowest BCUT2D eigenvalue weighted by Gasteiger charge is -2.56. The number of hydrogen-bond donors (Lipinski definition) is 3. The lowest BCUT2D eigenvalue weighted by Crippen LogP contribution is -2.60. The van der Waals surface area contributed by atoms with E-state index in [1.54, 1.807) is 7.11 Å². The van der Waals surface area contributed by atoms with E-state index in [-0.39, 0.29) is 17.5 Å². The van der Waals surface area contributed by atoms with E-state index < -0.39 is 0 Å².